The van der Waals surface area contributed by atoms with Crippen LogP contribution in [-0.2, 0) is 82.1 Å². The third-order valence-corrected chi connectivity index (χ3v) is 27.3. The van der Waals surface area contributed by atoms with Gasteiger partial charge in [-0.25, -0.2) is 35.7 Å². The Hall–Kier alpha value is -9.99. The number of hydrogen-bond donors (Lipinski definition) is 4. The zero-order chi connectivity index (χ0) is 82.8. The predicted octanol–water partition coefficient (Wildman–Crippen LogP) is 7.45. The third kappa shape index (κ3) is 15.8. The van der Waals surface area contributed by atoms with Crippen LogP contribution in [0.4, 0.5) is 5.69 Å². The molecule has 2 bridgehead atoms. The highest BCUT2D eigenvalue weighted by Gasteiger charge is 2.78. The van der Waals surface area contributed by atoms with Gasteiger partial charge < -0.3 is 57.8 Å². The highest BCUT2D eigenvalue weighted by Crippen LogP contribution is 2.65. The Balaban J connectivity index is 0.729. The predicted molar refractivity (Wildman–Crippen MR) is 417 cm³/mol. The Labute approximate surface area is 669 Å². The molecule has 0 spiro atoms. The summed E-state index contributed by atoms with van der Waals surface area (Å²) in [7, 11) is -2.48. The molecule has 3 saturated carbocycles. The van der Waals surface area contributed by atoms with Crippen molar-refractivity contribution in [2.75, 3.05) is 58.5 Å². The molecule has 5 fully saturated rings. The molecule has 115 heavy (non-hydrogen) atoms. The Morgan fingerprint density at radius 3 is 2.06 bits per heavy atom. The number of amides is 3. The van der Waals surface area contributed by atoms with Crippen LogP contribution in [0.2, 0.25) is 0 Å². The largest absolute Gasteiger partial charge is 0.744 e. The van der Waals surface area contributed by atoms with Gasteiger partial charge >= 0.3 is 29.8 Å². The average molecular weight is 1630 g/mol. The zero-order valence-electron chi connectivity index (χ0n) is 65.0. The summed E-state index contributed by atoms with van der Waals surface area (Å²) in [4.78, 5) is 133. The number of aliphatic hydroxyl groups excluding tert-OH is 1. The number of thioether (sulfide) groups is 1. The first kappa shape index (κ1) is 83.0. The van der Waals surface area contributed by atoms with Gasteiger partial charge in [-0.1, -0.05) is 86.6 Å². The zero-order valence-corrected chi connectivity index (χ0v) is 67.5. The normalized spacial score (nSPS) is 26.4. The molecule has 0 radical (unpaired) electrons. The molecule has 3 aliphatic heterocycles. The second kappa shape index (κ2) is 32.2. The summed E-state index contributed by atoms with van der Waals surface area (Å²) < 4.78 is 116. The van der Waals surface area contributed by atoms with Crippen molar-refractivity contribution < 1.29 is 108 Å². The van der Waals surface area contributed by atoms with Crippen molar-refractivity contribution in [2.24, 2.45) is 28.6 Å². The SMILES string of the molecule is CC(=O)O[C@@H]1C(=O)[C@@]2(C)[C@H](O)C[C@@H]3OC[C@]3(OC(C)=O)[C@@H]2[C@@H](OC(=O)c2ccccc2)[C@@]2(O)C[C@@H](OC(=O)[C@@H](OC(=O)C3CCC(CN4C(=O)CC(SCCNS(=O)(=O)c5ccc(-c6c7ccc(=[N+](C)C)cc-7oc7cc(N(C)C)ccc67)c(S(=O)(=O)[O-])c5)C4=O)CC3)[C@H](NC(=O)c3ccccc3)c3ccccc3)C(C)=C1C2(C)C. The number of sulfonamides is 1. The van der Waals surface area contributed by atoms with Gasteiger partial charge in [0.25, 0.3) is 5.91 Å². The smallest absolute Gasteiger partial charge is 0.350 e. The number of likely N-dealkylation sites (tertiary alicyclic amines) is 1. The minimum Gasteiger partial charge on any atom is -0.744 e. The molecule has 12 atom stereocenters. The van der Waals surface area contributed by atoms with Crippen molar-refractivity contribution in [2.45, 2.75) is 155 Å². The maximum Gasteiger partial charge on any atom is 0.350 e. The lowest BCUT2D eigenvalue weighted by Gasteiger charge is -2.67. The fraction of sp³-hybridized carbons (Fsp3) is 0.429. The molecule has 3 heterocycles. The van der Waals surface area contributed by atoms with Crippen LogP contribution in [0, 0.1) is 28.6 Å². The molecular formula is C84H91N5O23S3. The quantitative estimate of drug-likeness (QED) is 0.00705. The lowest BCUT2D eigenvalue weighted by atomic mass is 9.44. The number of nitrogens with zero attached hydrogens (tertiary/aromatic N) is 3. The summed E-state index contributed by atoms with van der Waals surface area (Å²) in [5.41, 5.74) is -6.17. The van der Waals surface area contributed by atoms with Crippen LogP contribution in [0.3, 0.4) is 0 Å². The number of anilines is 1. The van der Waals surface area contributed by atoms with Crippen molar-refractivity contribution >= 4 is 102 Å². The molecule has 0 aromatic heterocycles. The van der Waals surface area contributed by atoms with Gasteiger partial charge in [0.2, 0.25) is 33.3 Å². The van der Waals surface area contributed by atoms with Crippen molar-refractivity contribution in [3.8, 4) is 22.5 Å². The number of ketones is 1. The Morgan fingerprint density at radius 2 is 1.44 bits per heavy atom. The minimum atomic E-state index is -5.34. The van der Waals surface area contributed by atoms with E-state index in [1.807, 2.05) is 37.7 Å². The summed E-state index contributed by atoms with van der Waals surface area (Å²) in [5, 5.41) is 29.9. The van der Waals surface area contributed by atoms with Gasteiger partial charge in [0.05, 0.1) is 56.6 Å². The van der Waals surface area contributed by atoms with E-state index in [-0.39, 0.29) is 96.7 Å². The van der Waals surface area contributed by atoms with E-state index in [2.05, 4.69) is 10.0 Å². The lowest BCUT2D eigenvalue weighted by Crippen LogP contribution is -2.82. The monoisotopic (exact) mass is 1630 g/mol. The van der Waals surface area contributed by atoms with Crippen LogP contribution >= 0.6 is 11.8 Å². The fourth-order valence-corrected chi connectivity index (χ4v) is 20.6. The number of hydrogen-bond acceptors (Lipinski definition) is 25. The molecule has 5 aromatic rings. The minimum absolute atomic E-state index is 0.000478. The molecule has 13 rings (SSSR count). The number of benzene rings is 6. The number of imide groups is 1. The maximum atomic E-state index is 16.0. The number of esters is 5. The maximum absolute atomic E-state index is 16.0. The summed E-state index contributed by atoms with van der Waals surface area (Å²) >= 11 is 1.04. The van der Waals surface area contributed by atoms with Gasteiger partial charge in [-0.15, -0.1) is 11.8 Å². The van der Waals surface area contributed by atoms with Crippen LogP contribution in [0.15, 0.2) is 171 Å². The van der Waals surface area contributed by atoms with Crippen molar-refractivity contribution in [3.63, 3.8) is 0 Å². The number of carbonyl (C=O) groups excluding carboxylic acids is 9. The molecule has 2 saturated heterocycles. The number of Topliss-reactive ketones (excluding diaryl/α,β-unsaturated/α-hetero) is 1. The third-order valence-electron chi connectivity index (χ3n) is 23.8. The standard InChI is InChI=1S/C84H91N5O23S3/c1-46-62(43-84(100)75(111-79(98)52-24-18-13-19-25-52)73-82(6,65(92)42-66-83(73,45-106-66)112-48(3)91)74(94)71(107-47(2)90)69(46)81(84,4)5)109-80(99)72(70(50-20-14-11-15-21-50)86-76(95)51-22-16-12-17-23-51)110-78(97)53-28-26-49(27-29-53)44-89-67(93)41-63(77(89)96)113-37-36-85-114(101,102)56-32-35-59(64(40-56)115(103,104)105)68-57-33-30-54(87(7)8)38-60(57)108-61-39-55(88(9)10)31-34-58(61)68/h11-25,30-35,38-40,49,53,62-63,65-66,70-73,75,85,92,100H,26-29,36-37,41-45H2,1-10H3,(H-,86,95,103,104,105)/t49?,53?,62-,63?,65-,66+,70-,71+,72+,73-,75-,82+,83-,84+/m1/s1. The second-order valence-electron chi connectivity index (χ2n) is 31.5. The molecule has 4 N–H and O–H groups in total. The Bertz CT molecular complexity index is 5360. The molecule has 8 aliphatic rings. The second-order valence-corrected chi connectivity index (χ2v) is 36.0. The highest BCUT2D eigenvalue weighted by molar-refractivity contribution is 8.00. The molecule has 5 aromatic carbocycles. The average Bonchev–Trinajstić information content (AvgIpc) is 0.816. The number of rotatable bonds is 23. The summed E-state index contributed by atoms with van der Waals surface area (Å²) in [6.07, 6.45) is -10.8. The molecule has 608 valence electrons. The van der Waals surface area contributed by atoms with E-state index in [4.69, 9.17) is 32.8 Å². The van der Waals surface area contributed by atoms with Crippen LogP contribution < -0.4 is 24.9 Å². The molecule has 1 unspecified atom stereocenters. The van der Waals surface area contributed by atoms with Crippen molar-refractivity contribution in [1.82, 2.24) is 19.5 Å². The van der Waals surface area contributed by atoms with E-state index >= 15 is 14.4 Å². The van der Waals surface area contributed by atoms with Crippen molar-refractivity contribution in [1.29, 1.82) is 0 Å². The van der Waals surface area contributed by atoms with Gasteiger partial charge in [0.1, 0.15) is 65.5 Å². The van der Waals surface area contributed by atoms with E-state index in [0.717, 1.165) is 47.6 Å². The van der Waals surface area contributed by atoms with Gasteiger partial charge in [-0.2, -0.15) is 0 Å². The Morgan fingerprint density at radius 1 is 0.791 bits per heavy atom. The number of carbonyl (C=O) groups is 9. The summed E-state index contributed by atoms with van der Waals surface area (Å²) in [5.74, 6) is -10.2. The van der Waals surface area contributed by atoms with Crippen LogP contribution in [0.1, 0.15) is 119 Å². The summed E-state index contributed by atoms with van der Waals surface area (Å²) in [6, 6.07) is 36.2. The lowest BCUT2D eigenvalue weighted by molar-refractivity contribution is -0.346. The fourth-order valence-electron chi connectivity index (χ4n) is 17.6. The van der Waals surface area contributed by atoms with Gasteiger partial charge in [0, 0.05) is 117 Å². The molecule has 5 aliphatic carbocycles. The van der Waals surface area contributed by atoms with Gasteiger partial charge in [-0.3, -0.25) is 38.5 Å². The van der Waals surface area contributed by atoms with Crippen LogP contribution in [-0.4, -0.2) is 197 Å². The van der Waals surface area contributed by atoms with E-state index < -0.39 is 178 Å². The molecule has 31 heteroatoms. The van der Waals surface area contributed by atoms with Crippen LogP contribution in [0.25, 0.3) is 33.4 Å². The molecule has 3 amide bonds. The first-order valence-corrected chi connectivity index (χ1v) is 41.8. The Kier molecular flexibility index (Phi) is 23.3. The molecular weight excluding hydrogens is 1540 g/mol. The van der Waals surface area contributed by atoms with Gasteiger partial charge in [0.15, 0.2) is 17.5 Å². The van der Waals surface area contributed by atoms with Crippen molar-refractivity contribution in [3.05, 3.63) is 179 Å². The van der Waals surface area contributed by atoms with E-state index in [0.29, 0.717) is 27.9 Å². The number of aliphatic hydroxyl groups is 2. The van der Waals surface area contributed by atoms with Gasteiger partial charge in [-0.05, 0) is 117 Å². The van der Waals surface area contributed by atoms with E-state index in [9.17, 15) is 60.4 Å². The number of nitrogens with one attached hydrogen (secondary N) is 2. The highest BCUT2D eigenvalue weighted by atomic mass is 32.2. The van der Waals surface area contributed by atoms with Crippen LogP contribution in [0.5, 0.6) is 0 Å². The van der Waals surface area contributed by atoms with E-state index in [1.165, 1.54) is 64.1 Å². The summed E-state index contributed by atoms with van der Waals surface area (Å²) in [6.45, 7) is 7.39. The topological polar surface area (TPSA) is 387 Å². The number of ether oxygens (including phenoxy) is 6. The number of fused-ring (bicyclic) bond motifs is 7. The first-order valence-electron chi connectivity index (χ1n) is 37.8. The first-order chi connectivity index (χ1) is 54.4. The van der Waals surface area contributed by atoms with E-state index in [1.54, 1.807) is 103 Å². The molecule has 28 nitrogen and oxygen atoms in total.